The van der Waals surface area contributed by atoms with Gasteiger partial charge in [-0.05, 0) is 31.7 Å². The van der Waals surface area contributed by atoms with Crippen LogP contribution in [0.3, 0.4) is 0 Å². The number of likely N-dealkylation sites (tertiary alicyclic amines) is 1. The number of hydrogen-bond donors (Lipinski definition) is 1. The molecule has 0 radical (unpaired) electrons. The highest BCUT2D eigenvalue weighted by molar-refractivity contribution is 14.0. The van der Waals surface area contributed by atoms with Gasteiger partial charge in [0.15, 0.2) is 5.96 Å². The molecule has 1 aromatic rings. The predicted octanol–water partition coefficient (Wildman–Crippen LogP) is 3.00. The number of rotatable bonds is 9. The number of nitrogens with zero attached hydrogens (tertiary/aromatic N) is 4. The molecule has 0 saturated carbocycles. The van der Waals surface area contributed by atoms with Crippen molar-refractivity contribution >= 4 is 29.9 Å². The molecular formula is C18H34IN5O. The Labute approximate surface area is 169 Å². The Bertz CT molecular complexity index is 505. The second-order valence-electron chi connectivity index (χ2n) is 6.43. The van der Waals surface area contributed by atoms with E-state index in [1.807, 2.05) is 17.9 Å². The van der Waals surface area contributed by atoms with Crippen LogP contribution < -0.4 is 5.32 Å². The molecule has 1 aliphatic rings. The van der Waals surface area contributed by atoms with Crippen molar-refractivity contribution in [3.05, 3.63) is 18.0 Å². The Morgan fingerprint density at radius 1 is 1.36 bits per heavy atom. The molecule has 6 nitrogen and oxygen atoms in total. The lowest BCUT2D eigenvalue weighted by atomic mass is 10.0. The largest absolute Gasteiger partial charge is 0.381 e. The first-order valence-corrected chi connectivity index (χ1v) is 9.34. The van der Waals surface area contributed by atoms with E-state index in [0.717, 1.165) is 64.6 Å². The molecule has 0 spiro atoms. The number of unbranched alkanes of at least 4 members (excludes halogenated alkanes) is 1. The van der Waals surface area contributed by atoms with E-state index in [9.17, 15) is 0 Å². The zero-order chi connectivity index (χ0) is 17.2. The highest BCUT2D eigenvalue weighted by Crippen LogP contribution is 2.26. The summed E-state index contributed by atoms with van der Waals surface area (Å²) in [6.45, 7) is 9.79. The molecular weight excluding hydrogens is 429 g/mol. The zero-order valence-corrected chi connectivity index (χ0v) is 18.2. The van der Waals surface area contributed by atoms with E-state index >= 15 is 0 Å². The van der Waals surface area contributed by atoms with E-state index in [1.165, 1.54) is 12.0 Å². The lowest BCUT2D eigenvalue weighted by Crippen LogP contribution is -2.40. The third kappa shape index (κ3) is 7.52. The summed E-state index contributed by atoms with van der Waals surface area (Å²) in [5.41, 5.74) is 1.33. The number of guanidine groups is 1. The first kappa shape index (κ1) is 22.2. The Kier molecular flexibility index (Phi) is 11.1. The smallest absolute Gasteiger partial charge is 0.193 e. The second kappa shape index (κ2) is 12.5. The van der Waals surface area contributed by atoms with Crippen molar-refractivity contribution in [3.63, 3.8) is 0 Å². The SMILES string of the molecule is CCCCOCCCN=C(NCC)N1CCC(c2cnn(C)c2)C1.I. The van der Waals surface area contributed by atoms with Crippen molar-refractivity contribution < 1.29 is 4.74 Å². The van der Waals surface area contributed by atoms with Crippen LogP contribution in [0.1, 0.15) is 51.0 Å². The number of nitrogens with one attached hydrogen (secondary N) is 1. The highest BCUT2D eigenvalue weighted by atomic mass is 127. The monoisotopic (exact) mass is 463 g/mol. The number of aromatic nitrogens is 2. The van der Waals surface area contributed by atoms with Gasteiger partial charge in [-0.1, -0.05) is 13.3 Å². The fourth-order valence-electron chi connectivity index (χ4n) is 3.00. The van der Waals surface area contributed by atoms with Gasteiger partial charge in [0.25, 0.3) is 0 Å². The fraction of sp³-hybridized carbons (Fsp3) is 0.778. The van der Waals surface area contributed by atoms with Crippen LogP contribution >= 0.6 is 24.0 Å². The molecule has 0 amide bonds. The normalized spacial score (nSPS) is 17.6. The molecule has 1 unspecified atom stereocenters. The van der Waals surface area contributed by atoms with Crippen LogP contribution in [0.25, 0.3) is 0 Å². The van der Waals surface area contributed by atoms with Crippen molar-refractivity contribution in [1.82, 2.24) is 20.0 Å². The van der Waals surface area contributed by atoms with Crippen LogP contribution in [0.2, 0.25) is 0 Å². The molecule has 7 heteroatoms. The molecule has 1 saturated heterocycles. The standard InChI is InChI=1S/C18H33N5O.HI/c1-4-6-11-24-12-7-9-20-18(19-5-2)23-10-8-16(15-23)17-13-21-22(3)14-17;/h13-14,16H,4-12,15H2,1-3H3,(H,19,20);1H. The minimum atomic E-state index is 0. The maximum Gasteiger partial charge on any atom is 0.193 e. The van der Waals surface area contributed by atoms with Crippen LogP contribution in [0.15, 0.2) is 17.4 Å². The van der Waals surface area contributed by atoms with Crippen LogP contribution in [0, 0.1) is 0 Å². The molecule has 2 rings (SSSR count). The summed E-state index contributed by atoms with van der Waals surface area (Å²) in [6.07, 6.45) is 8.61. The first-order chi connectivity index (χ1) is 11.7. The van der Waals surface area contributed by atoms with Gasteiger partial charge in [0.1, 0.15) is 0 Å². The highest BCUT2D eigenvalue weighted by Gasteiger charge is 2.26. The summed E-state index contributed by atoms with van der Waals surface area (Å²) in [4.78, 5) is 7.15. The Morgan fingerprint density at radius 2 is 2.16 bits per heavy atom. The molecule has 1 fully saturated rings. The predicted molar refractivity (Wildman–Crippen MR) is 114 cm³/mol. The minimum absolute atomic E-state index is 0. The van der Waals surface area contributed by atoms with Crippen molar-refractivity contribution in [2.24, 2.45) is 12.0 Å². The second-order valence-corrected chi connectivity index (χ2v) is 6.43. The third-order valence-electron chi connectivity index (χ3n) is 4.37. The van der Waals surface area contributed by atoms with Crippen LogP contribution in [0.4, 0.5) is 0 Å². The lowest BCUT2D eigenvalue weighted by molar-refractivity contribution is 0.130. The van der Waals surface area contributed by atoms with E-state index in [2.05, 4.69) is 35.4 Å². The van der Waals surface area contributed by atoms with E-state index in [0.29, 0.717) is 5.92 Å². The summed E-state index contributed by atoms with van der Waals surface area (Å²) in [5.74, 6) is 1.59. The average Bonchev–Trinajstić information content (AvgIpc) is 3.22. The van der Waals surface area contributed by atoms with Crippen molar-refractivity contribution in [2.75, 3.05) is 39.4 Å². The Hall–Kier alpha value is -0.830. The summed E-state index contributed by atoms with van der Waals surface area (Å²) < 4.78 is 7.49. The summed E-state index contributed by atoms with van der Waals surface area (Å²) in [6, 6.07) is 0. The molecule has 1 atom stereocenters. The van der Waals surface area contributed by atoms with Crippen molar-refractivity contribution in [3.8, 4) is 0 Å². The molecule has 1 aliphatic heterocycles. The molecule has 1 N–H and O–H groups in total. The maximum absolute atomic E-state index is 5.61. The van der Waals surface area contributed by atoms with Crippen LogP contribution in [-0.2, 0) is 11.8 Å². The molecule has 144 valence electrons. The average molecular weight is 463 g/mol. The molecule has 2 heterocycles. The summed E-state index contributed by atoms with van der Waals surface area (Å²) in [7, 11) is 1.98. The quantitative estimate of drug-likeness (QED) is 0.265. The molecule has 0 aliphatic carbocycles. The fourth-order valence-corrected chi connectivity index (χ4v) is 3.00. The molecule has 0 bridgehead atoms. The lowest BCUT2D eigenvalue weighted by Gasteiger charge is -2.21. The first-order valence-electron chi connectivity index (χ1n) is 9.34. The van der Waals surface area contributed by atoms with Gasteiger partial charge in [0, 0.05) is 58.6 Å². The van der Waals surface area contributed by atoms with E-state index in [4.69, 9.17) is 9.73 Å². The van der Waals surface area contributed by atoms with Crippen LogP contribution in [-0.4, -0.2) is 60.0 Å². The van der Waals surface area contributed by atoms with E-state index in [-0.39, 0.29) is 24.0 Å². The van der Waals surface area contributed by atoms with Crippen molar-refractivity contribution in [1.29, 1.82) is 0 Å². The van der Waals surface area contributed by atoms with Gasteiger partial charge < -0.3 is 15.0 Å². The summed E-state index contributed by atoms with van der Waals surface area (Å²) in [5, 5.41) is 7.72. The van der Waals surface area contributed by atoms with Gasteiger partial charge in [-0.2, -0.15) is 5.10 Å². The summed E-state index contributed by atoms with van der Waals surface area (Å²) >= 11 is 0. The number of aryl methyl sites for hydroxylation is 1. The number of hydrogen-bond acceptors (Lipinski definition) is 3. The van der Waals surface area contributed by atoms with E-state index < -0.39 is 0 Å². The van der Waals surface area contributed by atoms with Gasteiger partial charge >= 0.3 is 0 Å². The van der Waals surface area contributed by atoms with Gasteiger partial charge in [-0.3, -0.25) is 9.67 Å². The number of halogens is 1. The number of ether oxygens (including phenoxy) is 1. The third-order valence-corrected chi connectivity index (χ3v) is 4.37. The van der Waals surface area contributed by atoms with Gasteiger partial charge in [-0.25, -0.2) is 0 Å². The number of aliphatic imine (C=N–C) groups is 1. The molecule has 0 aromatic carbocycles. The minimum Gasteiger partial charge on any atom is -0.381 e. The zero-order valence-electron chi connectivity index (χ0n) is 15.9. The Morgan fingerprint density at radius 3 is 2.84 bits per heavy atom. The van der Waals surface area contributed by atoms with Gasteiger partial charge in [0.2, 0.25) is 0 Å². The topological polar surface area (TPSA) is 54.7 Å². The molecule has 25 heavy (non-hydrogen) atoms. The van der Waals surface area contributed by atoms with Gasteiger partial charge in [0.05, 0.1) is 6.20 Å². The van der Waals surface area contributed by atoms with E-state index in [1.54, 1.807) is 0 Å². The molecule has 1 aromatic heterocycles. The maximum atomic E-state index is 5.61. The van der Waals surface area contributed by atoms with Crippen molar-refractivity contribution in [2.45, 2.75) is 45.4 Å². The Balaban J connectivity index is 0.00000312. The van der Waals surface area contributed by atoms with Crippen LogP contribution in [0.5, 0.6) is 0 Å². The van der Waals surface area contributed by atoms with Gasteiger partial charge in [-0.15, -0.1) is 24.0 Å².